The van der Waals surface area contributed by atoms with E-state index in [0.29, 0.717) is 5.56 Å². The predicted molar refractivity (Wildman–Crippen MR) is 77.2 cm³/mol. The average molecular weight is 257 g/mol. The lowest BCUT2D eigenvalue weighted by Gasteiger charge is -2.21. The van der Waals surface area contributed by atoms with E-state index in [1.54, 1.807) is 0 Å². The van der Waals surface area contributed by atoms with Gasteiger partial charge >= 0.3 is 0 Å². The minimum atomic E-state index is 0.701. The van der Waals surface area contributed by atoms with E-state index in [0.717, 1.165) is 30.3 Å². The summed E-state index contributed by atoms with van der Waals surface area (Å²) in [5.74, 6) is 1.85. The van der Waals surface area contributed by atoms with Crippen molar-refractivity contribution in [2.75, 3.05) is 6.61 Å². The van der Waals surface area contributed by atoms with E-state index < -0.39 is 0 Å². The van der Waals surface area contributed by atoms with Crippen LogP contribution in [0.1, 0.15) is 56.1 Å². The molecule has 0 heterocycles. The highest BCUT2D eigenvalue weighted by Gasteiger charge is 2.12. The van der Waals surface area contributed by atoms with Crippen molar-refractivity contribution in [1.29, 1.82) is 5.26 Å². The molecule has 0 bridgehead atoms. The highest BCUT2D eigenvalue weighted by atomic mass is 16.5. The Kier molecular flexibility index (Phi) is 5.27. The molecule has 2 nitrogen and oxygen atoms in total. The second-order valence-corrected chi connectivity index (χ2v) is 5.59. The third-order valence-electron chi connectivity index (χ3n) is 4.04. The Labute approximate surface area is 116 Å². The Balaban J connectivity index is 1.72. The van der Waals surface area contributed by atoms with Crippen LogP contribution in [0, 0.1) is 24.2 Å². The van der Waals surface area contributed by atoms with Gasteiger partial charge in [-0.25, -0.2) is 0 Å². The van der Waals surface area contributed by atoms with Crippen molar-refractivity contribution in [3.05, 3.63) is 29.3 Å². The van der Waals surface area contributed by atoms with Crippen molar-refractivity contribution < 1.29 is 4.74 Å². The zero-order valence-corrected chi connectivity index (χ0v) is 11.8. The first-order valence-electron chi connectivity index (χ1n) is 7.43. The van der Waals surface area contributed by atoms with Crippen molar-refractivity contribution in [3.63, 3.8) is 0 Å². The van der Waals surface area contributed by atoms with E-state index in [2.05, 4.69) is 6.07 Å². The molecule has 1 aromatic carbocycles. The van der Waals surface area contributed by atoms with Gasteiger partial charge in [0, 0.05) is 0 Å². The average Bonchev–Trinajstić information content (AvgIpc) is 2.46. The number of hydrogen-bond acceptors (Lipinski definition) is 2. The van der Waals surface area contributed by atoms with Crippen molar-refractivity contribution in [1.82, 2.24) is 0 Å². The first-order valence-corrected chi connectivity index (χ1v) is 7.43. The Morgan fingerprint density at radius 2 is 2.05 bits per heavy atom. The van der Waals surface area contributed by atoms with Crippen LogP contribution >= 0.6 is 0 Å². The van der Waals surface area contributed by atoms with Crippen LogP contribution in [0.5, 0.6) is 5.75 Å². The lowest BCUT2D eigenvalue weighted by atomic mass is 9.86. The van der Waals surface area contributed by atoms with Gasteiger partial charge in [0.25, 0.3) is 0 Å². The molecule has 2 rings (SSSR count). The SMILES string of the molecule is Cc1cc(C#N)ccc1OCCCC1CCCCC1. The summed E-state index contributed by atoms with van der Waals surface area (Å²) in [6.45, 7) is 2.79. The second kappa shape index (κ2) is 7.19. The summed E-state index contributed by atoms with van der Waals surface area (Å²) in [7, 11) is 0. The topological polar surface area (TPSA) is 33.0 Å². The molecule has 1 aliphatic carbocycles. The lowest BCUT2D eigenvalue weighted by Crippen LogP contribution is -2.08. The van der Waals surface area contributed by atoms with Gasteiger partial charge in [0.05, 0.1) is 18.2 Å². The number of rotatable bonds is 5. The summed E-state index contributed by atoms with van der Waals surface area (Å²) < 4.78 is 5.82. The highest BCUT2D eigenvalue weighted by molar-refractivity contribution is 5.41. The molecule has 1 fully saturated rings. The van der Waals surface area contributed by atoms with Gasteiger partial charge < -0.3 is 4.74 Å². The molecule has 0 N–H and O–H groups in total. The molecule has 2 heteroatoms. The van der Waals surface area contributed by atoms with E-state index in [1.807, 2.05) is 25.1 Å². The molecule has 0 unspecified atom stereocenters. The molecule has 0 saturated heterocycles. The zero-order valence-electron chi connectivity index (χ0n) is 11.8. The van der Waals surface area contributed by atoms with Crippen LogP contribution in [-0.4, -0.2) is 6.61 Å². The van der Waals surface area contributed by atoms with Gasteiger partial charge in [0.1, 0.15) is 5.75 Å². The van der Waals surface area contributed by atoms with Crippen molar-refractivity contribution in [3.8, 4) is 11.8 Å². The Morgan fingerprint density at radius 3 is 2.74 bits per heavy atom. The fourth-order valence-corrected chi connectivity index (χ4v) is 2.91. The molecular formula is C17H23NO. The van der Waals surface area contributed by atoms with E-state index in [4.69, 9.17) is 10.00 Å². The van der Waals surface area contributed by atoms with Crippen LogP contribution in [-0.2, 0) is 0 Å². The fourth-order valence-electron chi connectivity index (χ4n) is 2.91. The van der Waals surface area contributed by atoms with Crippen LogP contribution in [0.3, 0.4) is 0 Å². The minimum Gasteiger partial charge on any atom is -0.493 e. The fraction of sp³-hybridized carbons (Fsp3) is 0.588. The zero-order chi connectivity index (χ0) is 13.5. The van der Waals surface area contributed by atoms with E-state index in [1.165, 1.54) is 38.5 Å². The third kappa shape index (κ3) is 4.28. The van der Waals surface area contributed by atoms with Crippen molar-refractivity contribution in [2.24, 2.45) is 5.92 Å². The van der Waals surface area contributed by atoms with Crippen LogP contribution in [0.25, 0.3) is 0 Å². The molecule has 1 aliphatic rings. The monoisotopic (exact) mass is 257 g/mol. The molecule has 1 aromatic rings. The smallest absolute Gasteiger partial charge is 0.122 e. The maximum absolute atomic E-state index is 8.82. The third-order valence-corrected chi connectivity index (χ3v) is 4.04. The highest BCUT2D eigenvalue weighted by Crippen LogP contribution is 2.27. The summed E-state index contributed by atoms with van der Waals surface area (Å²) in [5.41, 5.74) is 1.75. The Bertz CT molecular complexity index is 441. The van der Waals surface area contributed by atoms with Crippen molar-refractivity contribution >= 4 is 0 Å². The van der Waals surface area contributed by atoms with Crippen LogP contribution in [0.15, 0.2) is 18.2 Å². The molecule has 0 atom stereocenters. The Hall–Kier alpha value is -1.49. The van der Waals surface area contributed by atoms with Gasteiger partial charge in [-0.1, -0.05) is 32.1 Å². The standard InChI is InChI=1S/C17H23NO/c1-14-12-16(13-18)9-10-17(14)19-11-5-8-15-6-3-2-4-7-15/h9-10,12,15H,2-8,11H2,1H3. The molecule has 102 valence electrons. The largest absolute Gasteiger partial charge is 0.493 e. The van der Waals surface area contributed by atoms with Crippen molar-refractivity contribution in [2.45, 2.75) is 51.9 Å². The van der Waals surface area contributed by atoms with Gasteiger partial charge in [-0.15, -0.1) is 0 Å². The summed E-state index contributed by atoms with van der Waals surface area (Å²) in [4.78, 5) is 0. The molecule has 19 heavy (non-hydrogen) atoms. The molecular weight excluding hydrogens is 234 g/mol. The normalized spacial score (nSPS) is 16.0. The number of hydrogen-bond donors (Lipinski definition) is 0. The van der Waals surface area contributed by atoms with Gasteiger partial charge in [0.15, 0.2) is 0 Å². The van der Waals surface area contributed by atoms with E-state index >= 15 is 0 Å². The molecule has 0 aliphatic heterocycles. The summed E-state index contributed by atoms with van der Waals surface area (Å²) in [6, 6.07) is 7.77. The molecule has 0 radical (unpaired) electrons. The van der Waals surface area contributed by atoms with Crippen LogP contribution < -0.4 is 4.74 Å². The van der Waals surface area contributed by atoms with Gasteiger partial charge in [-0.05, 0) is 49.4 Å². The first kappa shape index (κ1) is 13.9. The summed E-state index contributed by atoms with van der Waals surface area (Å²) in [6.07, 6.45) is 9.53. The molecule has 1 saturated carbocycles. The number of nitrogens with zero attached hydrogens (tertiary/aromatic N) is 1. The van der Waals surface area contributed by atoms with E-state index in [-0.39, 0.29) is 0 Å². The van der Waals surface area contributed by atoms with Gasteiger partial charge in [-0.2, -0.15) is 5.26 Å². The van der Waals surface area contributed by atoms with Gasteiger partial charge in [-0.3, -0.25) is 0 Å². The Morgan fingerprint density at radius 1 is 1.26 bits per heavy atom. The molecule has 0 spiro atoms. The molecule has 0 amide bonds. The van der Waals surface area contributed by atoms with Crippen LogP contribution in [0.4, 0.5) is 0 Å². The number of aryl methyl sites for hydroxylation is 1. The maximum Gasteiger partial charge on any atom is 0.122 e. The number of ether oxygens (including phenoxy) is 1. The van der Waals surface area contributed by atoms with Gasteiger partial charge in [0.2, 0.25) is 0 Å². The summed E-state index contributed by atoms with van der Waals surface area (Å²) >= 11 is 0. The number of benzene rings is 1. The maximum atomic E-state index is 8.82. The summed E-state index contributed by atoms with van der Waals surface area (Å²) in [5, 5.41) is 8.82. The number of nitriles is 1. The molecule has 0 aromatic heterocycles. The first-order chi connectivity index (χ1) is 9.29. The quantitative estimate of drug-likeness (QED) is 0.722. The second-order valence-electron chi connectivity index (χ2n) is 5.59. The lowest BCUT2D eigenvalue weighted by molar-refractivity contribution is 0.268. The van der Waals surface area contributed by atoms with E-state index in [9.17, 15) is 0 Å². The predicted octanol–water partition coefficient (Wildman–Crippen LogP) is 4.61. The van der Waals surface area contributed by atoms with Crippen LogP contribution in [0.2, 0.25) is 0 Å². The minimum absolute atomic E-state index is 0.701.